The van der Waals surface area contributed by atoms with Crippen LogP contribution in [0.1, 0.15) is 40.6 Å². The van der Waals surface area contributed by atoms with Crippen LogP contribution in [0.2, 0.25) is 0 Å². The van der Waals surface area contributed by atoms with Crippen molar-refractivity contribution in [1.29, 1.82) is 0 Å². The number of hydrogen-bond donors (Lipinski definition) is 0. The van der Waals surface area contributed by atoms with Crippen LogP contribution in [0.5, 0.6) is 5.75 Å². The zero-order valence-corrected chi connectivity index (χ0v) is 18.6. The molecule has 2 aliphatic heterocycles. The quantitative estimate of drug-likeness (QED) is 0.493. The Balaban J connectivity index is 1.37. The zero-order chi connectivity index (χ0) is 22.4. The van der Waals surface area contributed by atoms with Gasteiger partial charge in [0.25, 0.3) is 6.29 Å². The molecule has 3 aromatic rings. The van der Waals surface area contributed by atoms with Crippen molar-refractivity contribution in [3.05, 3.63) is 77.4 Å². The molecule has 0 aliphatic carbocycles. The van der Waals surface area contributed by atoms with E-state index < -0.39 is 24.1 Å². The summed E-state index contributed by atoms with van der Waals surface area (Å²) in [6, 6.07) is 18.9. The average Bonchev–Trinajstić information content (AvgIpc) is 3.13. The molecule has 0 fully saturated rings. The second kappa shape index (κ2) is 7.91. The van der Waals surface area contributed by atoms with E-state index in [2.05, 4.69) is 4.90 Å². The van der Waals surface area contributed by atoms with Crippen LogP contribution < -0.4 is 9.64 Å². The topological polar surface area (TPSA) is 65.1 Å². The number of methoxy groups -OCH3 is 1. The van der Waals surface area contributed by atoms with Crippen molar-refractivity contribution >= 4 is 35.1 Å². The number of rotatable bonds is 4. The molecule has 6 nitrogen and oxygen atoms in total. The van der Waals surface area contributed by atoms with E-state index in [1.54, 1.807) is 50.1 Å². The van der Waals surface area contributed by atoms with Gasteiger partial charge in [0.15, 0.2) is 0 Å². The van der Waals surface area contributed by atoms with Crippen LogP contribution in [0.25, 0.3) is 0 Å². The van der Waals surface area contributed by atoms with E-state index in [4.69, 9.17) is 14.2 Å². The molecular formula is C25H21NO5S. The molecule has 0 saturated carbocycles. The van der Waals surface area contributed by atoms with Crippen molar-refractivity contribution in [3.63, 3.8) is 0 Å². The summed E-state index contributed by atoms with van der Waals surface area (Å²) in [7, 11) is 3.66. The number of cyclic esters (lactones) is 1. The number of esters is 2. The van der Waals surface area contributed by atoms with Crippen LogP contribution in [0.3, 0.4) is 0 Å². The van der Waals surface area contributed by atoms with Crippen LogP contribution in [-0.4, -0.2) is 26.1 Å². The highest BCUT2D eigenvalue weighted by molar-refractivity contribution is 7.99. The summed E-state index contributed by atoms with van der Waals surface area (Å²) >= 11 is 1.67. The highest BCUT2D eigenvalue weighted by Crippen LogP contribution is 2.49. The number of benzene rings is 3. The number of hydrogen-bond acceptors (Lipinski definition) is 7. The Morgan fingerprint density at radius 2 is 1.88 bits per heavy atom. The highest BCUT2D eigenvalue weighted by Gasteiger charge is 2.35. The lowest BCUT2D eigenvalue weighted by molar-refractivity contribution is -0.169. The molecule has 0 aromatic heterocycles. The smallest absolute Gasteiger partial charge is 0.342 e. The SMILES string of the molecule is COc1ccc2c(c1)Sc1ccc(C(C)C(=O)OC3OC(=O)c4ccccc43)cc1N2C. The van der Waals surface area contributed by atoms with Crippen LogP contribution in [0.4, 0.5) is 11.4 Å². The Hall–Kier alpha value is -3.45. The Morgan fingerprint density at radius 1 is 1.06 bits per heavy atom. The Labute approximate surface area is 190 Å². The summed E-state index contributed by atoms with van der Waals surface area (Å²) in [5.74, 6) is -0.637. The maximum Gasteiger partial charge on any atom is 0.342 e. The van der Waals surface area contributed by atoms with Gasteiger partial charge in [0.05, 0.1) is 30.0 Å². The van der Waals surface area contributed by atoms with Crippen molar-refractivity contribution in [2.24, 2.45) is 0 Å². The Kier molecular flexibility index (Phi) is 5.06. The second-order valence-corrected chi connectivity index (χ2v) is 8.79. The third-order valence-corrected chi connectivity index (χ3v) is 6.93. The molecule has 2 aliphatic rings. The number of nitrogens with zero attached hydrogens (tertiary/aromatic N) is 1. The van der Waals surface area contributed by atoms with Gasteiger partial charge in [-0.15, -0.1) is 0 Å². The third-order valence-electron chi connectivity index (χ3n) is 5.82. The van der Waals surface area contributed by atoms with E-state index in [-0.39, 0.29) is 0 Å². The van der Waals surface area contributed by atoms with Crippen molar-refractivity contribution < 1.29 is 23.8 Å². The molecule has 5 rings (SSSR count). The highest BCUT2D eigenvalue weighted by atomic mass is 32.2. The summed E-state index contributed by atoms with van der Waals surface area (Å²) in [4.78, 5) is 29.2. The molecular weight excluding hydrogens is 426 g/mol. The minimum absolute atomic E-state index is 0.431. The van der Waals surface area contributed by atoms with Gasteiger partial charge in [-0.05, 0) is 48.9 Å². The first-order chi connectivity index (χ1) is 15.5. The predicted octanol–water partition coefficient (Wildman–Crippen LogP) is 5.44. The molecule has 0 bridgehead atoms. The lowest BCUT2D eigenvalue weighted by Gasteiger charge is -2.30. The van der Waals surface area contributed by atoms with Crippen molar-refractivity contribution in [2.45, 2.75) is 28.9 Å². The molecule has 2 atom stereocenters. The lowest BCUT2D eigenvalue weighted by atomic mass is 10.00. The van der Waals surface area contributed by atoms with Gasteiger partial charge in [0, 0.05) is 22.4 Å². The molecule has 0 spiro atoms. The summed E-state index contributed by atoms with van der Waals surface area (Å²) < 4.78 is 16.2. The number of anilines is 2. The number of carbonyl (C=O) groups excluding carboxylic acids is 2. The lowest BCUT2D eigenvalue weighted by Crippen LogP contribution is -2.19. The number of fused-ring (bicyclic) bond motifs is 3. The van der Waals surface area contributed by atoms with Gasteiger partial charge in [-0.2, -0.15) is 0 Å². The fourth-order valence-corrected chi connectivity index (χ4v) is 5.08. The molecule has 0 radical (unpaired) electrons. The van der Waals surface area contributed by atoms with E-state index in [9.17, 15) is 9.59 Å². The van der Waals surface area contributed by atoms with Crippen molar-refractivity contribution in [1.82, 2.24) is 0 Å². The largest absolute Gasteiger partial charge is 0.497 e. The summed E-state index contributed by atoms with van der Waals surface area (Å²) in [5, 5.41) is 0. The molecule has 0 N–H and O–H groups in total. The monoisotopic (exact) mass is 447 g/mol. The van der Waals surface area contributed by atoms with Gasteiger partial charge in [-0.1, -0.05) is 36.0 Å². The van der Waals surface area contributed by atoms with Crippen LogP contribution in [0.15, 0.2) is 70.5 Å². The van der Waals surface area contributed by atoms with E-state index in [1.807, 2.05) is 43.4 Å². The molecule has 2 unspecified atom stereocenters. The standard InChI is InChI=1S/C25H21NO5S/c1-14(23(27)30-25-18-7-5-4-6-17(18)24(28)31-25)15-8-11-21-20(12-15)26(2)19-10-9-16(29-3)13-22(19)32-21/h4-14,25H,1-3H3. The van der Waals surface area contributed by atoms with E-state index >= 15 is 0 Å². The normalized spacial score (nSPS) is 17.0. The number of ether oxygens (including phenoxy) is 3. The van der Waals surface area contributed by atoms with Gasteiger partial charge in [-0.25, -0.2) is 4.79 Å². The molecule has 32 heavy (non-hydrogen) atoms. The second-order valence-electron chi connectivity index (χ2n) is 7.70. The first kappa shape index (κ1) is 20.5. The summed E-state index contributed by atoms with van der Waals surface area (Å²) in [5.41, 5.74) is 3.93. The van der Waals surface area contributed by atoms with Crippen molar-refractivity contribution in [3.8, 4) is 5.75 Å². The predicted molar refractivity (Wildman–Crippen MR) is 121 cm³/mol. The molecule has 3 aromatic carbocycles. The maximum absolute atomic E-state index is 12.9. The Morgan fingerprint density at radius 3 is 2.69 bits per heavy atom. The van der Waals surface area contributed by atoms with Crippen LogP contribution in [0, 0.1) is 0 Å². The van der Waals surface area contributed by atoms with Gasteiger partial charge >= 0.3 is 11.9 Å². The van der Waals surface area contributed by atoms with Gasteiger partial charge in [0.2, 0.25) is 0 Å². The van der Waals surface area contributed by atoms with Gasteiger partial charge in [0.1, 0.15) is 5.75 Å². The minimum atomic E-state index is -1.01. The molecule has 7 heteroatoms. The van der Waals surface area contributed by atoms with Crippen LogP contribution in [-0.2, 0) is 14.3 Å². The average molecular weight is 448 g/mol. The first-order valence-corrected chi connectivity index (χ1v) is 11.0. The first-order valence-electron chi connectivity index (χ1n) is 10.2. The fraction of sp³-hybridized carbons (Fsp3) is 0.200. The minimum Gasteiger partial charge on any atom is -0.497 e. The summed E-state index contributed by atoms with van der Waals surface area (Å²) in [6.45, 7) is 1.79. The Bertz CT molecular complexity index is 1240. The maximum atomic E-state index is 12.9. The van der Waals surface area contributed by atoms with Gasteiger partial charge in [-0.3, -0.25) is 4.79 Å². The third kappa shape index (κ3) is 3.39. The van der Waals surface area contributed by atoms with E-state index in [0.29, 0.717) is 11.1 Å². The molecule has 0 saturated heterocycles. The van der Waals surface area contributed by atoms with E-state index in [0.717, 1.165) is 32.5 Å². The van der Waals surface area contributed by atoms with Crippen LogP contribution >= 0.6 is 11.8 Å². The fourth-order valence-electron chi connectivity index (χ4n) is 3.92. The van der Waals surface area contributed by atoms with Crippen molar-refractivity contribution in [2.75, 3.05) is 19.1 Å². The van der Waals surface area contributed by atoms with Gasteiger partial charge < -0.3 is 19.1 Å². The summed E-state index contributed by atoms with van der Waals surface area (Å²) in [6.07, 6.45) is -1.01. The number of carbonyl (C=O) groups is 2. The van der Waals surface area contributed by atoms with E-state index in [1.165, 1.54) is 0 Å². The molecule has 2 heterocycles. The zero-order valence-electron chi connectivity index (χ0n) is 17.8. The molecule has 0 amide bonds. The molecule has 162 valence electrons.